The van der Waals surface area contributed by atoms with Crippen LogP contribution < -0.4 is 4.57 Å². The number of H-pyrrole nitrogens is 1. The molecule has 0 aliphatic heterocycles. The smallest absolute Gasteiger partial charge is 0.418 e. The summed E-state index contributed by atoms with van der Waals surface area (Å²) in [5.74, 6) is 0. The van der Waals surface area contributed by atoms with E-state index in [9.17, 15) is 17.3 Å². The molecule has 2 rings (SSSR count). The maximum Gasteiger partial charge on any atom is 0.673 e. The molecular weight excluding hydrogens is 235 g/mol. The highest BCUT2D eigenvalue weighted by Gasteiger charge is 2.20. The van der Waals surface area contributed by atoms with Crippen LogP contribution in [-0.2, 0) is 6.54 Å². The predicted molar refractivity (Wildman–Crippen MR) is 59.0 cm³/mol. The molecule has 0 atom stereocenters. The number of aromatic nitrogens is 2. The van der Waals surface area contributed by atoms with Crippen LogP contribution in [-0.4, -0.2) is 12.2 Å². The first-order chi connectivity index (χ1) is 7.92. The van der Waals surface area contributed by atoms with Crippen LogP contribution >= 0.6 is 0 Å². The van der Waals surface area contributed by atoms with Gasteiger partial charge in [0.05, 0.1) is 6.54 Å². The molecule has 94 valence electrons. The lowest BCUT2D eigenvalue weighted by molar-refractivity contribution is -0.671. The topological polar surface area (TPSA) is 19.7 Å². The average Bonchev–Trinajstić information content (AvgIpc) is 2.60. The van der Waals surface area contributed by atoms with Crippen LogP contribution in [0.2, 0.25) is 0 Å². The quantitative estimate of drug-likeness (QED) is 0.478. The minimum Gasteiger partial charge on any atom is -0.418 e. The molecule has 2 nitrogen and oxygen atoms in total. The zero-order valence-corrected chi connectivity index (χ0v) is 9.34. The second-order valence-corrected chi connectivity index (χ2v) is 3.48. The second kappa shape index (κ2) is 5.70. The van der Waals surface area contributed by atoms with E-state index in [4.69, 9.17) is 0 Å². The first kappa shape index (κ1) is 13.5. The van der Waals surface area contributed by atoms with Crippen molar-refractivity contribution in [2.24, 2.45) is 0 Å². The fraction of sp³-hybridized carbons (Fsp3) is 0.300. The van der Waals surface area contributed by atoms with Crippen molar-refractivity contribution in [3.8, 4) is 0 Å². The Morgan fingerprint density at radius 3 is 2.35 bits per heavy atom. The van der Waals surface area contributed by atoms with Gasteiger partial charge in [0.1, 0.15) is 0 Å². The van der Waals surface area contributed by atoms with Crippen molar-refractivity contribution in [3.63, 3.8) is 0 Å². The number of aryl methyl sites for hydroxylation is 1. The Balaban J connectivity index is 0.000000249. The number of hydrogen-bond acceptors (Lipinski definition) is 0. The number of rotatable bonds is 2. The molecule has 1 aromatic carbocycles. The number of imidazole rings is 1. The summed E-state index contributed by atoms with van der Waals surface area (Å²) in [6.07, 6.45) is 3.21. The van der Waals surface area contributed by atoms with Gasteiger partial charge in [0, 0.05) is 0 Å². The van der Waals surface area contributed by atoms with Gasteiger partial charge < -0.3 is 17.3 Å². The maximum absolute atomic E-state index is 9.75. The van der Waals surface area contributed by atoms with Crippen molar-refractivity contribution < 1.29 is 21.8 Å². The molecule has 17 heavy (non-hydrogen) atoms. The SMILES string of the molecule is CCC[n+]1c[nH]c2ccccc21.F[B-](F)(F)F. The Labute approximate surface area is 96.4 Å². The van der Waals surface area contributed by atoms with Gasteiger partial charge in [-0.05, 0) is 18.6 Å². The molecule has 7 heteroatoms. The first-order valence-corrected chi connectivity index (χ1v) is 5.24. The summed E-state index contributed by atoms with van der Waals surface area (Å²) < 4.78 is 41.2. The second-order valence-electron chi connectivity index (χ2n) is 3.48. The summed E-state index contributed by atoms with van der Waals surface area (Å²) in [6, 6.07) is 8.36. The van der Waals surface area contributed by atoms with Crippen molar-refractivity contribution in [3.05, 3.63) is 30.6 Å². The number of para-hydroxylation sites is 2. The van der Waals surface area contributed by atoms with Gasteiger partial charge >= 0.3 is 7.25 Å². The van der Waals surface area contributed by atoms with E-state index in [-0.39, 0.29) is 0 Å². The maximum atomic E-state index is 9.75. The summed E-state index contributed by atoms with van der Waals surface area (Å²) in [4.78, 5) is 3.24. The zero-order chi connectivity index (χ0) is 12.9. The molecule has 0 amide bonds. The summed E-state index contributed by atoms with van der Waals surface area (Å²) in [5.41, 5.74) is 2.50. The van der Waals surface area contributed by atoms with E-state index in [1.54, 1.807) is 0 Å². The fourth-order valence-corrected chi connectivity index (χ4v) is 1.49. The van der Waals surface area contributed by atoms with Gasteiger partial charge in [-0.1, -0.05) is 19.1 Å². The molecule has 0 unspecified atom stereocenters. The molecule has 0 saturated carbocycles. The van der Waals surface area contributed by atoms with Gasteiger partial charge in [0.2, 0.25) is 6.33 Å². The molecule has 2 aromatic rings. The molecule has 0 fully saturated rings. The lowest BCUT2D eigenvalue weighted by Gasteiger charge is -1.94. The van der Waals surface area contributed by atoms with Crippen molar-refractivity contribution in [1.82, 2.24) is 4.98 Å². The highest BCUT2D eigenvalue weighted by atomic mass is 19.5. The minimum absolute atomic E-state index is 1.09. The molecule has 0 saturated heterocycles. The lowest BCUT2D eigenvalue weighted by atomic mass is 10.3. The predicted octanol–water partition coefficient (Wildman–Crippen LogP) is 3.17. The van der Waals surface area contributed by atoms with Crippen LogP contribution in [0, 0.1) is 0 Å². The van der Waals surface area contributed by atoms with Gasteiger partial charge in [0.15, 0.2) is 11.0 Å². The van der Waals surface area contributed by atoms with Crippen molar-refractivity contribution >= 4 is 18.3 Å². The van der Waals surface area contributed by atoms with E-state index in [2.05, 4.69) is 40.7 Å². The number of nitrogens with zero attached hydrogens (tertiary/aromatic N) is 1. The third kappa shape index (κ3) is 4.88. The molecule has 0 radical (unpaired) electrons. The summed E-state index contributed by atoms with van der Waals surface area (Å²) in [7, 11) is -6.00. The van der Waals surface area contributed by atoms with E-state index in [1.807, 2.05) is 6.33 Å². The Hall–Kier alpha value is -1.53. The van der Waals surface area contributed by atoms with Gasteiger partial charge in [-0.3, -0.25) is 0 Å². The molecule has 0 aliphatic carbocycles. The number of hydrogen-bond donors (Lipinski definition) is 1. The number of nitrogens with one attached hydrogen (secondary N) is 1. The molecule has 0 spiro atoms. The van der Waals surface area contributed by atoms with E-state index < -0.39 is 7.25 Å². The zero-order valence-electron chi connectivity index (χ0n) is 9.34. The van der Waals surface area contributed by atoms with Crippen LogP contribution in [0.15, 0.2) is 30.6 Å². The molecule has 1 N–H and O–H groups in total. The summed E-state index contributed by atoms with van der Waals surface area (Å²) in [6.45, 7) is 3.28. The molecular formula is C10H13BF4N2. The van der Waals surface area contributed by atoms with E-state index in [1.165, 1.54) is 17.5 Å². The standard InChI is InChI=1S/C10H12N2.BF4/c1-2-7-12-8-11-9-5-3-4-6-10(9)12;2-1(3,4)5/h3-6,8H,2,7H2,1H3;/q;-1/p+1. The summed E-state index contributed by atoms with van der Waals surface area (Å²) >= 11 is 0. The first-order valence-electron chi connectivity index (χ1n) is 5.24. The van der Waals surface area contributed by atoms with Crippen molar-refractivity contribution in [1.29, 1.82) is 0 Å². The monoisotopic (exact) mass is 248 g/mol. The third-order valence-electron chi connectivity index (χ3n) is 2.05. The summed E-state index contributed by atoms with van der Waals surface area (Å²) in [5, 5.41) is 0. The Morgan fingerprint density at radius 1 is 1.18 bits per heavy atom. The molecule has 0 aliphatic rings. The van der Waals surface area contributed by atoms with E-state index >= 15 is 0 Å². The van der Waals surface area contributed by atoms with Crippen molar-refractivity contribution in [2.45, 2.75) is 19.9 Å². The molecule has 1 heterocycles. The van der Waals surface area contributed by atoms with E-state index in [0.29, 0.717) is 0 Å². The Kier molecular flexibility index (Phi) is 4.54. The van der Waals surface area contributed by atoms with Crippen LogP contribution in [0.5, 0.6) is 0 Å². The third-order valence-corrected chi connectivity index (χ3v) is 2.05. The molecule has 0 bridgehead atoms. The average molecular weight is 248 g/mol. The Morgan fingerprint density at radius 2 is 1.76 bits per heavy atom. The van der Waals surface area contributed by atoms with Crippen LogP contribution in [0.4, 0.5) is 17.3 Å². The largest absolute Gasteiger partial charge is 0.673 e. The number of fused-ring (bicyclic) bond motifs is 1. The van der Waals surface area contributed by atoms with Gasteiger partial charge in [0.25, 0.3) is 0 Å². The van der Waals surface area contributed by atoms with E-state index in [0.717, 1.165) is 6.54 Å². The fourth-order valence-electron chi connectivity index (χ4n) is 1.49. The van der Waals surface area contributed by atoms with Gasteiger partial charge in [-0.25, -0.2) is 9.55 Å². The van der Waals surface area contributed by atoms with Crippen molar-refractivity contribution in [2.75, 3.05) is 0 Å². The van der Waals surface area contributed by atoms with Crippen LogP contribution in [0.1, 0.15) is 13.3 Å². The number of benzene rings is 1. The number of aromatic amines is 1. The number of halogens is 4. The van der Waals surface area contributed by atoms with Gasteiger partial charge in [-0.15, -0.1) is 0 Å². The normalized spacial score (nSPS) is 11.1. The highest BCUT2D eigenvalue weighted by molar-refractivity contribution is 6.50. The van der Waals surface area contributed by atoms with Crippen LogP contribution in [0.3, 0.4) is 0 Å². The minimum atomic E-state index is -6.00. The van der Waals surface area contributed by atoms with Crippen LogP contribution in [0.25, 0.3) is 11.0 Å². The Bertz CT molecular complexity index is 461. The lowest BCUT2D eigenvalue weighted by Crippen LogP contribution is -2.31. The highest BCUT2D eigenvalue weighted by Crippen LogP contribution is 2.06. The molecule has 1 aromatic heterocycles. The van der Waals surface area contributed by atoms with Gasteiger partial charge in [-0.2, -0.15) is 0 Å².